The van der Waals surface area contributed by atoms with Crippen LogP contribution < -0.4 is 14.8 Å². The highest BCUT2D eigenvalue weighted by Crippen LogP contribution is 2.28. The molecule has 2 N–H and O–H groups in total. The first kappa shape index (κ1) is 16.0. The average Bonchev–Trinajstić information content (AvgIpc) is 3.04. The van der Waals surface area contributed by atoms with Gasteiger partial charge in [0.15, 0.2) is 22.8 Å². The third-order valence-electron chi connectivity index (χ3n) is 3.85. The Balaban J connectivity index is 1.83. The predicted octanol–water partition coefficient (Wildman–Crippen LogP) is 3.11. The molecular weight excluding hydrogens is 306 g/mol. The third-order valence-corrected chi connectivity index (χ3v) is 3.85. The van der Waals surface area contributed by atoms with Gasteiger partial charge in [-0.2, -0.15) is 5.10 Å². The standard InChI is InChI=1S/C17H21N5O2/c1-10(2)14-15-16(22-21-14)17(20-9-19-15)18-8-11-5-6-12(23-3)13(7-11)24-4/h5-7,9-10H,8H2,1-4H3,(H,21,22)(H,18,19,20). The number of rotatable bonds is 6. The Morgan fingerprint density at radius 1 is 1.08 bits per heavy atom. The first-order valence-corrected chi connectivity index (χ1v) is 7.77. The van der Waals surface area contributed by atoms with Crippen molar-refractivity contribution in [2.45, 2.75) is 26.3 Å². The first-order valence-electron chi connectivity index (χ1n) is 7.77. The van der Waals surface area contributed by atoms with Crippen LogP contribution >= 0.6 is 0 Å². The predicted molar refractivity (Wildman–Crippen MR) is 92.6 cm³/mol. The van der Waals surface area contributed by atoms with E-state index in [-0.39, 0.29) is 0 Å². The molecule has 7 nitrogen and oxygen atoms in total. The van der Waals surface area contributed by atoms with Crippen LogP contribution in [0, 0.1) is 0 Å². The molecule has 3 aromatic rings. The minimum atomic E-state index is 0.323. The number of methoxy groups -OCH3 is 2. The number of benzene rings is 1. The number of aromatic nitrogens is 4. The Morgan fingerprint density at radius 2 is 1.88 bits per heavy atom. The highest BCUT2D eigenvalue weighted by Gasteiger charge is 2.14. The Bertz CT molecular complexity index is 844. The van der Waals surface area contributed by atoms with Crippen molar-refractivity contribution in [3.63, 3.8) is 0 Å². The van der Waals surface area contributed by atoms with Crippen molar-refractivity contribution in [2.24, 2.45) is 0 Å². The van der Waals surface area contributed by atoms with E-state index >= 15 is 0 Å². The molecule has 0 saturated heterocycles. The Hall–Kier alpha value is -2.83. The summed E-state index contributed by atoms with van der Waals surface area (Å²) in [7, 11) is 3.25. The van der Waals surface area contributed by atoms with E-state index in [1.807, 2.05) is 18.2 Å². The molecule has 7 heteroatoms. The number of ether oxygens (including phenoxy) is 2. The smallest absolute Gasteiger partial charge is 0.161 e. The number of anilines is 1. The molecule has 0 bridgehead atoms. The second-order valence-corrected chi connectivity index (χ2v) is 5.75. The van der Waals surface area contributed by atoms with Crippen molar-refractivity contribution in [3.05, 3.63) is 35.8 Å². The van der Waals surface area contributed by atoms with Crippen LogP contribution in [0.2, 0.25) is 0 Å². The monoisotopic (exact) mass is 327 g/mol. The van der Waals surface area contributed by atoms with E-state index in [0.717, 1.165) is 22.3 Å². The van der Waals surface area contributed by atoms with Gasteiger partial charge in [-0.25, -0.2) is 9.97 Å². The van der Waals surface area contributed by atoms with Crippen molar-refractivity contribution in [3.8, 4) is 11.5 Å². The maximum Gasteiger partial charge on any atom is 0.161 e. The van der Waals surface area contributed by atoms with Gasteiger partial charge in [-0.1, -0.05) is 19.9 Å². The van der Waals surface area contributed by atoms with E-state index in [0.29, 0.717) is 29.8 Å². The molecule has 126 valence electrons. The molecule has 2 heterocycles. The number of nitrogens with zero attached hydrogens (tertiary/aromatic N) is 3. The zero-order chi connectivity index (χ0) is 17.1. The van der Waals surface area contributed by atoms with Crippen molar-refractivity contribution in [2.75, 3.05) is 19.5 Å². The lowest BCUT2D eigenvalue weighted by molar-refractivity contribution is 0.354. The van der Waals surface area contributed by atoms with Gasteiger partial charge in [-0.05, 0) is 23.6 Å². The van der Waals surface area contributed by atoms with E-state index in [9.17, 15) is 0 Å². The number of H-pyrrole nitrogens is 1. The summed E-state index contributed by atoms with van der Waals surface area (Å²) in [5.74, 6) is 2.44. The maximum atomic E-state index is 5.33. The van der Waals surface area contributed by atoms with Gasteiger partial charge in [0.1, 0.15) is 11.8 Å². The van der Waals surface area contributed by atoms with Crippen LogP contribution in [0.25, 0.3) is 11.0 Å². The van der Waals surface area contributed by atoms with Crippen molar-refractivity contribution < 1.29 is 9.47 Å². The molecule has 1 aromatic carbocycles. The van der Waals surface area contributed by atoms with Crippen LogP contribution in [0.5, 0.6) is 11.5 Å². The van der Waals surface area contributed by atoms with E-state index < -0.39 is 0 Å². The zero-order valence-electron chi connectivity index (χ0n) is 14.3. The summed E-state index contributed by atoms with van der Waals surface area (Å²) in [6.45, 7) is 4.80. The molecule has 24 heavy (non-hydrogen) atoms. The molecule has 0 unspecified atom stereocenters. The van der Waals surface area contributed by atoms with Crippen LogP contribution in [0.4, 0.5) is 5.82 Å². The second kappa shape index (κ2) is 6.74. The van der Waals surface area contributed by atoms with E-state index in [4.69, 9.17) is 9.47 Å². The van der Waals surface area contributed by atoms with E-state index in [1.54, 1.807) is 20.5 Å². The summed E-state index contributed by atoms with van der Waals surface area (Å²) < 4.78 is 10.6. The minimum Gasteiger partial charge on any atom is -0.493 e. The molecule has 0 aliphatic heterocycles. The third kappa shape index (κ3) is 2.97. The fraction of sp³-hybridized carbons (Fsp3) is 0.353. The number of fused-ring (bicyclic) bond motifs is 1. The highest BCUT2D eigenvalue weighted by atomic mass is 16.5. The largest absolute Gasteiger partial charge is 0.493 e. The average molecular weight is 327 g/mol. The lowest BCUT2D eigenvalue weighted by Gasteiger charge is -2.10. The van der Waals surface area contributed by atoms with Gasteiger partial charge in [0, 0.05) is 6.54 Å². The van der Waals surface area contributed by atoms with Crippen LogP contribution in [0.3, 0.4) is 0 Å². The van der Waals surface area contributed by atoms with Gasteiger partial charge in [0.05, 0.1) is 19.9 Å². The van der Waals surface area contributed by atoms with Crippen LogP contribution in [-0.4, -0.2) is 34.4 Å². The molecule has 0 aliphatic carbocycles. The quantitative estimate of drug-likeness (QED) is 0.723. The lowest BCUT2D eigenvalue weighted by Crippen LogP contribution is -2.03. The molecule has 2 aromatic heterocycles. The molecule has 0 radical (unpaired) electrons. The van der Waals surface area contributed by atoms with Gasteiger partial charge in [0.25, 0.3) is 0 Å². The van der Waals surface area contributed by atoms with Crippen molar-refractivity contribution >= 4 is 16.9 Å². The molecule has 0 spiro atoms. The topological polar surface area (TPSA) is 85.0 Å². The van der Waals surface area contributed by atoms with E-state index in [1.165, 1.54) is 0 Å². The summed E-state index contributed by atoms with van der Waals surface area (Å²) in [6, 6.07) is 5.81. The summed E-state index contributed by atoms with van der Waals surface area (Å²) in [6.07, 6.45) is 1.56. The SMILES string of the molecule is COc1ccc(CNc2ncnc3c(C(C)C)[nH]nc23)cc1OC. The van der Waals surface area contributed by atoms with Gasteiger partial charge in [-0.15, -0.1) is 0 Å². The van der Waals surface area contributed by atoms with Gasteiger partial charge in [0.2, 0.25) is 0 Å². The first-order chi connectivity index (χ1) is 11.6. The summed E-state index contributed by atoms with van der Waals surface area (Å²) in [5.41, 5.74) is 3.68. The molecule has 0 fully saturated rings. The summed E-state index contributed by atoms with van der Waals surface area (Å²) in [5, 5.41) is 10.7. The Labute approximate surface area is 140 Å². The fourth-order valence-corrected chi connectivity index (χ4v) is 2.56. The molecular formula is C17H21N5O2. The Kier molecular flexibility index (Phi) is 4.50. The molecule has 0 saturated carbocycles. The normalized spacial score (nSPS) is 11.0. The Morgan fingerprint density at radius 3 is 2.58 bits per heavy atom. The lowest BCUT2D eigenvalue weighted by atomic mass is 10.1. The molecule has 0 atom stereocenters. The van der Waals surface area contributed by atoms with Crippen molar-refractivity contribution in [1.82, 2.24) is 20.2 Å². The van der Waals surface area contributed by atoms with Gasteiger partial charge in [-0.3, -0.25) is 5.10 Å². The second-order valence-electron chi connectivity index (χ2n) is 5.75. The van der Waals surface area contributed by atoms with E-state index in [2.05, 4.69) is 39.3 Å². The summed E-state index contributed by atoms with van der Waals surface area (Å²) in [4.78, 5) is 8.66. The maximum absolute atomic E-state index is 5.33. The van der Waals surface area contributed by atoms with Gasteiger partial charge >= 0.3 is 0 Å². The zero-order valence-corrected chi connectivity index (χ0v) is 14.3. The highest BCUT2D eigenvalue weighted by molar-refractivity contribution is 5.86. The van der Waals surface area contributed by atoms with Crippen molar-refractivity contribution in [1.29, 1.82) is 0 Å². The van der Waals surface area contributed by atoms with Crippen LogP contribution in [0.1, 0.15) is 31.0 Å². The number of hydrogen-bond acceptors (Lipinski definition) is 6. The number of hydrogen-bond donors (Lipinski definition) is 2. The van der Waals surface area contributed by atoms with Crippen LogP contribution in [0.15, 0.2) is 24.5 Å². The fourth-order valence-electron chi connectivity index (χ4n) is 2.56. The molecule has 0 aliphatic rings. The minimum absolute atomic E-state index is 0.323. The van der Waals surface area contributed by atoms with Gasteiger partial charge < -0.3 is 14.8 Å². The van der Waals surface area contributed by atoms with Crippen LogP contribution in [-0.2, 0) is 6.54 Å². The summed E-state index contributed by atoms with van der Waals surface area (Å²) >= 11 is 0. The molecule has 3 rings (SSSR count). The number of nitrogens with one attached hydrogen (secondary N) is 2. The number of aromatic amines is 1. The molecule has 0 amide bonds.